The van der Waals surface area contributed by atoms with Gasteiger partial charge in [0.2, 0.25) is 0 Å². The number of rotatable bonds is 2. The topological polar surface area (TPSA) is 62.5 Å². The van der Waals surface area contributed by atoms with Crippen LogP contribution in [0.4, 0.5) is 10.1 Å². The van der Waals surface area contributed by atoms with E-state index < -0.39 is 17.5 Å². The lowest BCUT2D eigenvalue weighted by atomic mass is 10.2. The van der Waals surface area contributed by atoms with Gasteiger partial charge in [0.05, 0.1) is 11.8 Å². The number of benzene rings is 1. The Balaban J connectivity index is 2.15. The molecule has 0 aliphatic carbocycles. The van der Waals surface area contributed by atoms with E-state index in [-0.39, 0.29) is 5.69 Å². The first kappa shape index (κ1) is 10.2. The van der Waals surface area contributed by atoms with E-state index >= 15 is 0 Å². The van der Waals surface area contributed by atoms with E-state index in [1.807, 2.05) is 0 Å². The first-order chi connectivity index (χ1) is 7.66. The Kier molecular flexibility index (Phi) is 2.59. The van der Waals surface area contributed by atoms with E-state index in [1.54, 1.807) is 0 Å². The van der Waals surface area contributed by atoms with E-state index in [4.69, 9.17) is 9.52 Å². The second-order valence-corrected chi connectivity index (χ2v) is 3.13. The number of amides is 1. The number of phenolic OH excluding ortho intramolecular Hbond substituents is 1. The Hall–Kier alpha value is -2.30. The molecule has 0 aliphatic rings. The molecule has 0 saturated heterocycles. The second kappa shape index (κ2) is 4.06. The number of aromatic hydroxyl groups is 1. The lowest BCUT2D eigenvalue weighted by Gasteiger charge is -2.03. The average Bonchev–Trinajstić information content (AvgIpc) is 2.77. The summed E-state index contributed by atoms with van der Waals surface area (Å²) in [6.07, 6.45) is 2.65. The molecule has 5 heteroatoms. The van der Waals surface area contributed by atoms with Crippen LogP contribution in [0.25, 0.3) is 0 Å². The van der Waals surface area contributed by atoms with Gasteiger partial charge in [-0.2, -0.15) is 0 Å². The van der Waals surface area contributed by atoms with Crippen molar-refractivity contribution in [2.45, 2.75) is 0 Å². The standard InChI is InChI=1S/C11H8FNO3/c12-9-5-8(1-2-10(9)14)13-11(15)7-3-4-16-6-7/h1-6,14H,(H,13,15). The second-order valence-electron chi connectivity index (χ2n) is 3.13. The van der Waals surface area contributed by atoms with Crippen molar-refractivity contribution in [3.05, 3.63) is 48.2 Å². The lowest BCUT2D eigenvalue weighted by molar-refractivity contribution is 0.102. The summed E-state index contributed by atoms with van der Waals surface area (Å²) < 4.78 is 17.7. The van der Waals surface area contributed by atoms with Gasteiger partial charge in [-0.15, -0.1) is 0 Å². The van der Waals surface area contributed by atoms with Gasteiger partial charge in [0.15, 0.2) is 11.6 Å². The monoisotopic (exact) mass is 221 g/mol. The fourth-order valence-corrected chi connectivity index (χ4v) is 1.18. The molecule has 0 aliphatic heterocycles. The van der Waals surface area contributed by atoms with Crippen LogP contribution in [-0.2, 0) is 0 Å². The van der Waals surface area contributed by atoms with Crippen LogP contribution in [0, 0.1) is 5.82 Å². The minimum absolute atomic E-state index is 0.265. The highest BCUT2D eigenvalue weighted by Crippen LogP contribution is 2.19. The van der Waals surface area contributed by atoms with E-state index in [2.05, 4.69) is 5.32 Å². The number of anilines is 1. The van der Waals surface area contributed by atoms with Crippen LogP contribution in [0.5, 0.6) is 5.75 Å². The van der Waals surface area contributed by atoms with E-state index in [0.29, 0.717) is 5.56 Å². The maximum Gasteiger partial charge on any atom is 0.258 e. The van der Waals surface area contributed by atoms with Crippen LogP contribution in [0.1, 0.15) is 10.4 Å². The molecule has 0 atom stereocenters. The highest BCUT2D eigenvalue weighted by molar-refractivity contribution is 6.03. The van der Waals surface area contributed by atoms with Crippen molar-refractivity contribution in [3.63, 3.8) is 0 Å². The zero-order valence-corrected chi connectivity index (χ0v) is 8.11. The number of carbonyl (C=O) groups excluding carboxylic acids is 1. The number of hydrogen-bond acceptors (Lipinski definition) is 3. The lowest BCUT2D eigenvalue weighted by Crippen LogP contribution is -2.10. The average molecular weight is 221 g/mol. The molecule has 2 N–H and O–H groups in total. The van der Waals surface area contributed by atoms with Crippen molar-refractivity contribution in [2.75, 3.05) is 5.32 Å². The molecule has 0 radical (unpaired) electrons. The van der Waals surface area contributed by atoms with Gasteiger partial charge in [-0.05, 0) is 18.2 Å². The van der Waals surface area contributed by atoms with Crippen LogP contribution in [-0.4, -0.2) is 11.0 Å². The molecule has 0 bridgehead atoms. The molecule has 82 valence electrons. The molecule has 4 nitrogen and oxygen atoms in total. The predicted octanol–water partition coefficient (Wildman–Crippen LogP) is 2.38. The smallest absolute Gasteiger partial charge is 0.258 e. The Morgan fingerprint density at radius 1 is 1.38 bits per heavy atom. The molecule has 0 saturated carbocycles. The minimum Gasteiger partial charge on any atom is -0.505 e. The number of carbonyl (C=O) groups is 1. The zero-order valence-electron chi connectivity index (χ0n) is 8.11. The Bertz CT molecular complexity index is 508. The van der Waals surface area contributed by atoms with Crippen LogP contribution < -0.4 is 5.32 Å². The Labute approximate surface area is 90.3 Å². The summed E-state index contributed by atoms with van der Waals surface area (Å²) >= 11 is 0. The van der Waals surface area contributed by atoms with Crippen molar-refractivity contribution in [1.82, 2.24) is 0 Å². The molecule has 1 heterocycles. The van der Waals surface area contributed by atoms with Crippen molar-refractivity contribution in [1.29, 1.82) is 0 Å². The maximum atomic E-state index is 13.0. The Morgan fingerprint density at radius 3 is 2.81 bits per heavy atom. The summed E-state index contributed by atoms with van der Waals surface area (Å²) in [7, 11) is 0. The van der Waals surface area contributed by atoms with Crippen molar-refractivity contribution in [2.24, 2.45) is 0 Å². The third kappa shape index (κ3) is 2.03. The number of halogens is 1. The summed E-state index contributed by atoms with van der Waals surface area (Å²) in [6, 6.07) is 5.09. The van der Waals surface area contributed by atoms with E-state index in [9.17, 15) is 9.18 Å². The van der Waals surface area contributed by atoms with E-state index in [0.717, 1.165) is 6.07 Å². The third-order valence-electron chi connectivity index (χ3n) is 1.99. The van der Waals surface area contributed by atoms with Crippen molar-refractivity contribution < 1.29 is 18.7 Å². The molecule has 0 unspecified atom stereocenters. The highest BCUT2D eigenvalue weighted by Gasteiger charge is 2.08. The fraction of sp³-hybridized carbons (Fsp3) is 0. The Morgan fingerprint density at radius 2 is 2.19 bits per heavy atom. The van der Waals surface area contributed by atoms with Gasteiger partial charge in [-0.25, -0.2) is 4.39 Å². The molecule has 1 amide bonds. The molecule has 1 aromatic heterocycles. The first-order valence-corrected chi connectivity index (χ1v) is 4.49. The van der Waals surface area contributed by atoms with Gasteiger partial charge in [0, 0.05) is 11.8 Å². The number of nitrogens with one attached hydrogen (secondary N) is 1. The molecule has 0 fully saturated rings. The van der Waals surface area contributed by atoms with Crippen molar-refractivity contribution in [3.8, 4) is 5.75 Å². The quantitative estimate of drug-likeness (QED) is 0.765. The first-order valence-electron chi connectivity index (χ1n) is 4.49. The van der Waals surface area contributed by atoms with Crippen LogP contribution in [0.15, 0.2) is 41.2 Å². The summed E-state index contributed by atoms with van der Waals surface area (Å²) in [6.45, 7) is 0. The predicted molar refractivity (Wildman–Crippen MR) is 54.7 cm³/mol. The number of furan rings is 1. The van der Waals surface area contributed by atoms with Gasteiger partial charge < -0.3 is 14.8 Å². The van der Waals surface area contributed by atoms with Crippen LogP contribution >= 0.6 is 0 Å². The summed E-state index contributed by atoms with van der Waals surface area (Å²) in [5, 5.41) is 11.4. The minimum atomic E-state index is -0.787. The van der Waals surface area contributed by atoms with Crippen molar-refractivity contribution >= 4 is 11.6 Å². The molecule has 2 rings (SSSR count). The van der Waals surface area contributed by atoms with Crippen LogP contribution in [0.2, 0.25) is 0 Å². The largest absolute Gasteiger partial charge is 0.505 e. The third-order valence-corrected chi connectivity index (χ3v) is 1.99. The number of hydrogen-bond donors (Lipinski definition) is 2. The van der Waals surface area contributed by atoms with Gasteiger partial charge in [0.25, 0.3) is 5.91 Å². The van der Waals surface area contributed by atoms with Gasteiger partial charge in [-0.1, -0.05) is 0 Å². The highest BCUT2D eigenvalue weighted by atomic mass is 19.1. The summed E-state index contributed by atoms with van der Waals surface area (Å²) in [5.41, 5.74) is 0.606. The summed E-state index contributed by atoms with van der Waals surface area (Å²) in [5.74, 6) is -1.65. The molecular formula is C11H8FNO3. The molecule has 2 aromatic rings. The molecule has 16 heavy (non-hydrogen) atoms. The molecule has 0 spiro atoms. The van der Waals surface area contributed by atoms with Gasteiger partial charge in [0.1, 0.15) is 6.26 Å². The SMILES string of the molecule is O=C(Nc1ccc(O)c(F)c1)c1ccoc1. The van der Waals surface area contributed by atoms with E-state index in [1.165, 1.54) is 30.7 Å². The van der Waals surface area contributed by atoms with Crippen LogP contribution in [0.3, 0.4) is 0 Å². The normalized spacial score (nSPS) is 10.1. The fourth-order valence-electron chi connectivity index (χ4n) is 1.18. The van der Waals surface area contributed by atoms with Gasteiger partial charge >= 0.3 is 0 Å². The number of phenols is 1. The molecule has 1 aromatic carbocycles. The summed E-state index contributed by atoms with van der Waals surface area (Å²) in [4.78, 5) is 11.5. The zero-order chi connectivity index (χ0) is 11.5. The molecular weight excluding hydrogens is 213 g/mol. The van der Waals surface area contributed by atoms with Gasteiger partial charge in [-0.3, -0.25) is 4.79 Å². The maximum absolute atomic E-state index is 13.0.